The molecule has 7 nitrogen and oxygen atoms in total. The number of rotatable bonds is 2. The van der Waals surface area contributed by atoms with Crippen molar-refractivity contribution in [3.63, 3.8) is 0 Å². The molecule has 15 heavy (non-hydrogen) atoms. The van der Waals surface area contributed by atoms with Crippen molar-refractivity contribution in [1.82, 2.24) is 20.2 Å². The number of hydrogen-bond acceptors (Lipinski definition) is 5. The van der Waals surface area contributed by atoms with Gasteiger partial charge in [0, 0.05) is 6.07 Å². The summed E-state index contributed by atoms with van der Waals surface area (Å²) in [5, 5.41) is 21.2. The Labute approximate surface area is 92.0 Å². The Kier molecular flexibility index (Phi) is 2.42. The standard InChI is InChI=1S/C7H4BrN5O2/c8-6-2-1-5(3-7(6)13(14)15)12-4-9-10-11-12/h1-4H. The summed E-state index contributed by atoms with van der Waals surface area (Å²) in [6.07, 6.45) is 1.37. The minimum Gasteiger partial charge on any atom is -0.258 e. The van der Waals surface area contributed by atoms with Crippen LogP contribution in [0.5, 0.6) is 0 Å². The first kappa shape index (κ1) is 9.71. The highest BCUT2D eigenvalue weighted by Gasteiger charge is 2.13. The summed E-state index contributed by atoms with van der Waals surface area (Å²) in [5.74, 6) is 0. The molecule has 0 aliphatic heterocycles. The van der Waals surface area contributed by atoms with Crippen molar-refractivity contribution in [3.8, 4) is 5.69 Å². The first-order valence-electron chi connectivity index (χ1n) is 3.86. The molecule has 0 aliphatic rings. The third kappa shape index (κ3) is 1.84. The molecule has 1 aromatic heterocycles. The van der Waals surface area contributed by atoms with Gasteiger partial charge >= 0.3 is 0 Å². The summed E-state index contributed by atoms with van der Waals surface area (Å²) in [4.78, 5) is 10.2. The lowest BCUT2D eigenvalue weighted by Crippen LogP contribution is -1.97. The number of nitrogens with zero attached hydrogens (tertiary/aromatic N) is 5. The van der Waals surface area contributed by atoms with Crippen LogP contribution in [0, 0.1) is 10.1 Å². The van der Waals surface area contributed by atoms with E-state index in [1.54, 1.807) is 12.1 Å². The minimum absolute atomic E-state index is 0.0250. The number of tetrazole rings is 1. The summed E-state index contributed by atoms with van der Waals surface area (Å²) in [6, 6.07) is 4.64. The molecule has 0 spiro atoms. The van der Waals surface area contributed by atoms with Crippen LogP contribution in [-0.4, -0.2) is 25.1 Å². The van der Waals surface area contributed by atoms with Crippen molar-refractivity contribution < 1.29 is 4.92 Å². The molecule has 2 rings (SSSR count). The molecule has 8 heteroatoms. The molecule has 0 saturated heterocycles. The van der Waals surface area contributed by atoms with Gasteiger partial charge in [-0.3, -0.25) is 10.1 Å². The lowest BCUT2D eigenvalue weighted by Gasteiger charge is -2.00. The van der Waals surface area contributed by atoms with Gasteiger partial charge < -0.3 is 0 Å². The number of benzene rings is 1. The average molecular weight is 270 g/mol. The van der Waals surface area contributed by atoms with Crippen LogP contribution in [0.25, 0.3) is 5.69 Å². The Bertz CT molecular complexity index is 498. The van der Waals surface area contributed by atoms with Crippen LogP contribution in [0.2, 0.25) is 0 Å². The SMILES string of the molecule is O=[N+]([O-])c1cc(-n2cnnn2)ccc1Br. The number of nitro benzene ring substituents is 1. The van der Waals surface area contributed by atoms with Crippen molar-refractivity contribution in [3.05, 3.63) is 39.1 Å². The van der Waals surface area contributed by atoms with Crippen LogP contribution < -0.4 is 0 Å². The van der Waals surface area contributed by atoms with E-state index in [0.717, 1.165) is 0 Å². The van der Waals surface area contributed by atoms with E-state index in [4.69, 9.17) is 0 Å². The molecule has 0 atom stereocenters. The Morgan fingerprint density at radius 1 is 1.47 bits per heavy atom. The van der Waals surface area contributed by atoms with E-state index >= 15 is 0 Å². The van der Waals surface area contributed by atoms with Gasteiger partial charge in [0.05, 0.1) is 15.1 Å². The van der Waals surface area contributed by atoms with E-state index in [0.29, 0.717) is 10.2 Å². The molecular formula is C7H4BrN5O2. The van der Waals surface area contributed by atoms with Gasteiger partial charge in [0.15, 0.2) is 0 Å². The number of nitro groups is 1. The van der Waals surface area contributed by atoms with E-state index in [-0.39, 0.29) is 5.69 Å². The van der Waals surface area contributed by atoms with E-state index in [9.17, 15) is 10.1 Å². The predicted octanol–water partition coefficient (Wildman–Crippen LogP) is 1.33. The maximum atomic E-state index is 10.7. The monoisotopic (exact) mass is 269 g/mol. The van der Waals surface area contributed by atoms with E-state index in [1.165, 1.54) is 17.1 Å². The topological polar surface area (TPSA) is 86.7 Å². The minimum atomic E-state index is -0.474. The first-order chi connectivity index (χ1) is 7.18. The molecular weight excluding hydrogens is 266 g/mol. The first-order valence-corrected chi connectivity index (χ1v) is 4.65. The highest BCUT2D eigenvalue weighted by Crippen LogP contribution is 2.26. The average Bonchev–Trinajstić information content (AvgIpc) is 2.71. The lowest BCUT2D eigenvalue weighted by molar-refractivity contribution is -0.385. The second-order valence-corrected chi connectivity index (χ2v) is 3.50. The second-order valence-electron chi connectivity index (χ2n) is 2.65. The Hall–Kier alpha value is -1.83. The summed E-state index contributed by atoms with van der Waals surface area (Å²) in [6.45, 7) is 0. The quantitative estimate of drug-likeness (QED) is 0.606. The summed E-state index contributed by atoms with van der Waals surface area (Å²) in [7, 11) is 0. The maximum Gasteiger partial charge on any atom is 0.285 e. The van der Waals surface area contributed by atoms with Gasteiger partial charge in [-0.15, -0.1) is 5.10 Å². The van der Waals surface area contributed by atoms with Crippen LogP contribution in [-0.2, 0) is 0 Å². The summed E-state index contributed by atoms with van der Waals surface area (Å²) < 4.78 is 1.77. The lowest BCUT2D eigenvalue weighted by atomic mass is 10.3. The van der Waals surface area contributed by atoms with Crippen molar-refractivity contribution in [2.75, 3.05) is 0 Å². The van der Waals surface area contributed by atoms with Crippen LogP contribution in [0.1, 0.15) is 0 Å². The molecule has 0 radical (unpaired) electrons. The third-order valence-electron chi connectivity index (χ3n) is 1.74. The molecule has 2 aromatic rings. The molecule has 0 saturated carbocycles. The largest absolute Gasteiger partial charge is 0.285 e. The van der Waals surface area contributed by atoms with Crippen molar-refractivity contribution in [2.45, 2.75) is 0 Å². The molecule has 1 aromatic carbocycles. The fourth-order valence-electron chi connectivity index (χ4n) is 1.06. The van der Waals surface area contributed by atoms with E-state index in [1.807, 2.05) is 0 Å². The number of aromatic nitrogens is 4. The van der Waals surface area contributed by atoms with Gasteiger partial charge in [-0.25, -0.2) is 4.68 Å². The summed E-state index contributed by atoms with van der Waals surface area (Å²) >= 11 is 3.09. The molecule has 0 fully saturated rings. The molecule has 0 aliphatic carbocycles. The highest BCUT2D eigenvalue weighted by atomic mass is 79.9. The molecule has 76 valence electrons. The second kappa shape index (κ2) is 3.73. The third-order valence-corrected chi connectivity index (χ3v) is 2.41. The molecule has 0 amide bonds. The normalized spacial score (nSPS) is 10.2. The zero-order valence-electron chi connectivity index (χ0n) is 7.24. The number of halogens is 1. The Morgan fingerprint density at radius 3 is 2.87 bits per heavy atom. The molecule has 0 bridgehead atoms. The van der Waals surface area contributed by atoms with E-state index in [2.05, 4.69) is 31.5 Å². The van der Waals surface area contributed by atoms with Crippen molar-refractivity contribution in [2.24, 2.45) is 0 Å². The van der Waals surface area contributed by atoms with Crippen molar-refractivity contribution in [1.29, 1.82) is 0 Å². The zero-order chi connectivity index (χ0) is 10.8. The molecule has 0 unspecified atom stereocenters. The van der Waals surface area contributed by atoms with Gasteiger partial charge in [-0.2, -0.15) is 0 Å². The summed E-state index contributed by atoms with van der Waals surface area (Å²) in [5.41, 5.74) is 0.512. The maximum absolute atomic E-state index is 10.7. The van der Waals surface area contributed by atoms with Gasteiger partial charge in [-0.05, 0) is 38.5 Å². The van der Waals surface area contributed by atoms with Gasteiger partial charge in [-0.1, -0.05) is 0 Å². The van der Waals surface area contributed by atoms with Crippen LogP contribution in [0.15, 0.2) is 29.0 Å². The predicted molar refractivity (Wildman–Crippen MR) is 53.5 cm³/mol. The van der Waals surface area contributed by atoms with Gasteiger partial charge in [0.1, 0.15) is 6.33 Å². The Morgan fingerprint density at radius 2 is 2.27 bits per heavy atom. The Balaban J connectivity index is 2.52. The molecule has 1 heterocycles. The smallest absolute Gasteiger partial charge is 0.258 e. The van der Waals surface area contributed by atoms with E-state index < -0.39 is 4.92 Å². The van der Waals surface area contributed by atoms with Crippen LogP contribution in [0.3, 0.4) is 0 Å². The van der Waals surface area contributed by atoms with Crippen LogP contribution >= 0.6 is 15.9 Å². The fourth-order valence-corrected chi connectivity index (χ4v) is 1.45. The number of hydrogen-bond donors (Lipinski definition) is 0. The van der Waals surface area contributed by atoms with Gasteiger partial charge in [0.2, 0.25) is 0 Å². The zero-order valence-corrected chi connectivity index (χ0v) is 8.83. The van der Waals surface area contributed by atoms with Crippen LogP contribution in [0.4, 0.5) is 5.69 Å². The fraction of sp³-hybridized carbons (Fsp3) is 0. The van der Waals surface area contributed by atoms with Crippen molar-refractivity contribution >= 4 is 21.6 Å². The van der Waals surface area contributed by atoms with Gasteiger partial charge in [0.25, 0.3) is 5.69 Å². The molecule has 0 N–H and O–H groups in total. The highest BCUT2D eigenvalue weighted by molar-refractivity contribution is 9.10.